The average molecular weight is 397 g/mol. The monoisotopic (exact) mass is 396 g/mol. The fourth-order valence-corrected chi connectivity index (χ4v) is 5.93. The van der Waals surface area contributed by atoms with Crippen molar-refractivity contribution in [1.29, 1.82) is 0 Å². The number of H-pyrrole nitrogens is 1. The molecule has 1 aliphatic heterocycles. The van der Waals surface area contributed by atoms with E-state index in [-0.39, 0.29) is 29.2 Å². The lowest BCUT2D eigenvalue weighted by atomic mass is 9.85. The molecular formula is C18H28N4O4S. The molecule has 2 amide bonds. The highest BCUT2D eigenvalue weighted by Crippen LogP contribution is 2.33. The van der Waals surface area contributed by atoms with Gasteiger partial charge in [0.15, 0.2) is 9.84 Å². The first-order chi connectivity index (χ1) is 12.9. The molecule has 0 spiro atoms. The van der Waals surface area contributed by atoms with Crippen LogP contribution in [0, 0.1) is 0 Å². The smallest absolute Gasteiger partial charge is 0.255 e. The highest BCUT2D eigenvalue weighted by molar-refractivity contribution is 7.91. The van der Waals surface area contributed by atoms with Gasteiger partial charge in [-0.25, -0.2) is 8.42 Å². The number of hydrogen-bond acceptors (Lipinski definition) is 5. The van der Waals surface area contributed by atoms with E-state index in [9.17, 15) is 18.0 Å². The molecule has 1 saturated heterocycles. The van der Waals surface area contributed by atoms with Crippen LogP contribution in [0.15, 0.2) is 6.20 Å². The van der Waals surface area contributed by atoms with Gasteiger partial charge in [0.25, 0.3) is 5.91 Å². The highest BCUT2D eigenvalue weighted by atomic mass is 32.2. The Morgan fingerprint density at radius 1 is 1.15 bits per heavy atom. The molecule has 3 N–H and O–H groups in total. The largest absolute Gasteiger partial charge is 0.350 e. The molecule has 3 rings (SSSR count). The van der Waals surface area contributed by atoms with Gasteiger partial charge in [0.2, 0.25) is 5.91 Å². The lowest BCUT2D eigenvalue weighted by Gasteiger charge is -2.23. The van der Waals surface area contributed by atoms with Crippen LogP contribution in [0.25, 0.3) is 0 Å². The van der Waals surface area contributed by atoms with Crippen LogP contribution in [-0.2, 0) is 14.6 Å². The van der Waals surface area contributed by atoms with E-state index in [1.165, 1.54) is 12.6 Å². The maximum Gasteiger partial charge on any atom is 0.255 e. The van der Waals surface area contributed by atoms with E-state index in [0.29, 0.717) is 18.4 Å². The summed E-state index contributed by atoms with van der Waals surface area (Å²) in [7, 11) is -3.30. The topological polar surface area (TPSA) is 121 Å². The second kappa shape index (κ2) is 8.41. The molecule has 1 aliphatic carbocycles. The number of nitrogens with zero attached hydrogens (tertiary/aromatic N) is 1. The van der Waals surface area contributed by atoms with Crippen LogP contribution < -0.4 is 10.6 Å². The number of aromatic amines is 1. The van der Waals surface area contributed by atoms with Gasteiger partial charge in [-0.15, -0.1) is 0 Å². The molecule has 8 nitrogen and oxygen atoms in total. The minimum atomic E-state index is -3.30. The fourth-order valence-electron chi connectivity index (χ4n) is 4.06. The maximum atomic E-state index is 12.8. The van der Waals surface area contributed by atoms with Crippen molar-refractivity contribution in [3.05, 3.63) is 17.5 Å². The fraction of sp³-hybridized carbons (Fsp3) is 0.722. The first kappa shape index (κ1) is 19.9. The third-order valence-electron chi connectivity index (χ3n) is 5.42. The Morgan fingerprint density at radius 3 is 2.48 bits per heavy atom. The van der Waals surface area contributed by atoms with Crippen molar-refractivity contribution in [1.82, 2.24) is 20.8 Å². The van der Waals surface area contributed by atoms with Gasteiger partial charge < -0.3 is 10.6 Å². The van der Waals surface area contributed by atoms with Gasteiger partial charge in [-0.3, -0.25) is 14.7 Å². The Labute approximate surface area is 159 Å². The summed E-state index contributed by atoms with van der Waals surface area (Å²) in [6.45, 7) is 1.88. The van der Waals surface area contributed by atoms with E-state index in [4.69, 9.17) is 0 Å². The molecule has 150 valence electrons. The number of sulfone groups is 1. The molecule has 1 saturated carbocycles. The van der Waals surface area contributed by atoms with Crippen molar-refractivity contribution in [2.45, 2.75) is 69.9 Å². The number of nitrogens with one attached hydrogen (secondary N) is 3. The second-order valence-corrected chi connectivity index (χ2v) is 9.77. The number of amides is 2. The summed E-state index contributed by atoms with van der Waals surface area (Å²) >= 11 is 0. The molecular weight excluding hydrogens is 368 g/mol. The van der Waals surface area contributed by atoms with E-state index < -0.39 is 21.9 Å². The lowest BCUT2D eigenvalue weighted by molar-refractivity contribution is -0.121. The van der Waals surface area contributed by atoms with Crippen LogP contribution in [0.3, 0.4) is 0 Å². The number of carbonyl (C=O) groups excluding carboxylic acids is 2. The summed E-state index contributed by atoms with van der Waals surface area (Å²) in [4.78, 5) is 24.7. The predicted octanol–water partition coefficient (Wildman–Crippen LogP) is 1.27. The molecule has 0 aromatic carbocycles. The number of aromatic nitrogens is 2. The zero-order valence-electron chi connectivity index (χ0n) is 15.7. The molecule has 2 atom stereocenters. The van der Waals surface area contributed by atoms with E-state index in [1.54, 1.807) is 0 Å². The van der Waals surface area contributed by atoms with Crippen LogP contribution in [0.2, 0.25) is 0 Å². The van der Waals surface area contributed by atoms with Crippen molar-refractivity contribution in [2.75, 3.05) is 11.5 Å². The summed E-state index contributed by atoms with van der Waals surface area (Å²) in [5.41, 5.74) is 1.31. The summed E-state index contributed by atoms with van der Waals surface area (Å²) in [6.07, 6.45) is 8.06. The summed E-state index contributed by atoms with van der Waals surface area (Å²) in [5, 5.41) is 12.6. The van der Waals surface area contributed by atoms with Gasteiger partial charge >= 0.3 is 0 Å². The minimum Gasteiger partial charge on any atom is -0.350 e. The van der Waals surface area contributed by atoms with E-state index >= 15 is 0 Å². The zero-order valence-corrected chi connectivity index (χ0v) is 16.5. The average Bonchev–Trinajstić information content (AvgIpc) is 3.20. The number of hydrogen-bond donors (Lipinski definition) is 3. The first-order valence-corrected chi connectivity index (χ1v) is 11.6. The van der Waals surface area contributed by atoms with Gasteiger partial charge in [-0.2, -0.15) is 5.10 Å². The van der Waals surface area contributed by atoms with Crippen molar-refractivity contribution in [3.63, 3.8) is 0 Å². The minimum absolute atomic E-state index is 0.145. The first-order valence-electron chi connectivity index (χ1n) is 9.73. The third kappa shape index (κ3) is 4.88. The molecule has 1 aromatic heterocycles. The maximum absolute atomic E-state index is 12.8. The molecule has 2 aliphatic rings. The van der Waals surface area contributed by atoms with Crippen molar-refractivity contribution >= 4 is 21.7 Å². The van der Waals surface area contributed by atoms with Gasteiger partial charge in [0, 0.05) is 12.3 Å². The SMILES string of the molecule is CCCC(=O)N[C@@H]1CS(=O)(=O)C[C@H]1NC(=O)c1cn[nH]c1C1CCCCC1. The standard InChI is InChI=1S/C18H28N4O4S/c1-2-6-16(23)20-14-10-27(25,26)11-15(14)21-18(24)13-9-19-22-17(13)12-7-4-3-5-8-12/h9,12,14-15H,2-8,10-11H2,1H3,(H,19,22)(H,20,23)(H,21,24)/t14-,15-/m1/s1. The predicted molar refractivity (Wildman–Crippen MR) is 101 cm³/mol. The normalized spacial score (nSPS) is 25.2. The highest BCUT2D eigenvalue weighted by Gasteiger charge is 2.40. The van der Waals surface area contributed by atoms with E-state index in [1.807, 2.05) is 6.92 Å². The molecule has 0 radical (unpaired) electrons. The Bertz CT molecular complexity index is 783. The van der Waals surface area contributed by atoms with Crippen LogP contribution in [0.5, 0.6) is 0 Å². The van der Waals surface area contributed by atoms with Gasteiger partial charge in [-0.05, 0) is 19.3 Å². The molecule has 9 heteroatoms. The van der Waals surface area contributed by atoms with Crippen LogP contribution >= 0.6 is 0 Å². The van der Waals surface area contributed by atoms with Crippen LogP contribution in [0.4, 0.5) is 0 Å². The summed E-state index contributed by atoms with van der Waals surface area (Å²) in [5.74, 6) is -0.540. The Morgan fingerprint density at radius 2 is 1.81 bits per heavy atom. The Kier molecular flexibility index (Phi) is 6.18. The third-order valence-corrected chi connectivity index (χ3v) is 7.15. The summed E-state index contributed by atoms with van der Waals surface area (Å²) in [6, 6.07) is -1.22. The van der Waals surface area contributed by atoms with Crippen LogP contribution in [-0.4, -0.2) is 54.0 Å². The molecule has 2 fully saturated rings. The second-order valence-electron chi connectivity index (χ2n) is 7.61. The number of carbonyl (C=O) groups is 2. The van der Waals surface area contributed by atoms with E-state index in [0.717, 1.165) is 31.4 Å². The lowest BCUT2D eigenvalue weighted by Crippen LogP contribution is -2.51. The van der Waals surface area contributed by atoms with Crippen molar-refractivity contribution in [3.8, 4) is 0 Å². The molecule has 27 heavy (non-hydrogen) atoms. The van der Waals surface area contributed by atoms with Gasteiger partial charge in [0.05, 0.1) is 41.0 Å². The molecule has 2 heterocycles. The number of rotatable bonds is 6. The van der Waals surface area contributed by atoms with Crippen molar-refractivity contribution in [2.24, 2.45) is 0 Å². The zero-order chi connectivity index (χ0) is 19.4. The molecule has 1 aromatic rings. The molecule has 0 bridgehead atoms. The van der Waals surface area contributed by atoms with E-state index in [2.05, 4.69) is 20.8 Å². The van der Waals surface area contributed by atoms with Gasteiger partial charge in [0.1, 0.15) is 0 Å². The van der Waals surface area contributed by atoms with Crippen LogP contribution in [0.1, 0.15) is 73.8 Å². The Hall–Kier alpha value is -1.90. The quantitative estimate of drug-likeness (QED) is 0.669. The molecule has 0 unspecified atom stereocenters. The Balaban J connectivity index is 1.70. The van der Waals surface area contributed by atoms with Gasteiger partial charge in [-0.1, -0.05) is 26.2 Å². The summed E-state index contributed by atoms with van der Waals surface area (Å²) < 4.78 is 24.1. The van der Waals surface area contributed by atoms with Crippen molar-refractivity contribution < 1.29 is 18.0 Å².